The van der Waals surface area contributed by atoms with Gasteiger partial charge >= 0.3 is 0 Å². The van der Waals surface area contributed by atoms with Crippen molar-refractivity contribution in [1.29, 1.82) is 0 Å². The smallest absolute Gasteiger partial charge is 0.286 e. The van der Waals surface area contributed by atoms with Gasteiger partial charge in [-0.2, -0.15) is 5.10 Å². The summed E-state index contributed by atoms with van der Waals surface area (Å²) in [6, 6.07) is 15.8. The number of nitrogens with one attached hydrogen (secondary N) is 1. The lowest BCUT2D eigenvalue weighted by Gasteiger charge is -2.31. The fourth-order valence-corrected chi connectivity index (χ4v) is 3.73. The number of hydrogen-bond donors (Lipinski definition) is 1. The Bertz CT molecular complexity index is 930. The van der Waals surface area contributed by atoms with Gasteiger partial charge in [-0.25, -0.2) is 5.01 Å². The molecule has 2 aliphatic rings. The zero-order chi connectivity index (χ0) is 20.2. The van der Waals surface area contributed by atoms with Gasteiger partial charge in [0.1, 0.15) is 5.75 Å². The van der Waals surface area contributed by atoms with E-state index in [1.54, 1.807) is 7.11 Å². The molecule has 1 fully saturated rings. The van der Waals surface area contributed by atoms with Crippen molar-refractivity contribution in [3.63, 3.8) is 0 Å². The minimum atomic E-state index is -0.203. The van der Waals surface area contributed by atoms with E-state index < -0.39 is 0 Å². The molecular formula is C23H26N4O2. The van der Waals surface area contributed by atoms with Gasteiger partial charge in [0.15, 0.2) is 5.71 Å². The van der Waals surface area contributed by atoms with Crippen LogP contribution in [0.2, 0.25) is 0 Å². The fourth-order valence-electron chi connectivity index (χ4n) is 3.73. The summed E-state index contributed by atoms with van der Waals surface area (Å²) in [5.74, 6) is 0.609. The maximum Gasteiger partial charge on any atom is 0.286 e. The molecule has 0 aromatic heterocycles. The molecule has 6 heteroatoms. The molecule has 1 amide bonds. The number of piperidine rings is 1. The fraction of sp³-hybridized carbons (Fsp3) is 0.304. The topological polar surface area (TPSA) is 57.2 Å². The predicted molar refractivity (Wildman–Crippen MR) is 116 cm³/mol. The first-order valence-corrected chi connectivity index (χ1v) is 9.99. The zero-order valence-electron chi connectivity index (χ0n) is 16.7. The third-order valence-corrected chi connectivity index (χ3v) is 5.34. The first-order valence-electron chi connectivity index (χ1n) is 9.99. The summed E-state index contributed by atoms with van der Waals surface area (Å²) in [7, 11) is 1.65. The van der Waals surface area contributed by atoms with Crippen molar-refractivity contribution in [2.45, 2.75) is 25.8 Å². The first-order chi connectivity index (χ1) is 14.2. The summed E-state index contributed by atoms with van der Waals surface area (Å²) in [4.78, 5) is 13.0. The van der Waals surface area contributed by atoms with Crippen LogP contribution in [0.25, 0.3) is 5.57 Å². The third-order valence-electron chi connectivity index (χ3n) is 5.34. The lowest BCUT2D eigenvalue weighted by Crippen LogP contribution is -2.48. The van der Waals surface area contributed by atoms with Gasteiger partial charge in [0.2, 0.25) is 0 Å². The van der Waals surface area contributed by atoms with Gasteiger partial charge in [-0.3, -0.25) is 15.2 Å². The lowest BCUT2D eigenvalue weighted by atomic mass is 9.98. The molecule has 29 heavy (non-hydrogen) atoms. The normalized spacial score (nSPS) is 16.8. The molecule has 0 aliphatic carbocycles. The molecule has 0 saturated carbocycles. The second kappa shape index (κ2) is 8.49. The van der Waals surface area contributed by atoms with Gasteiger partial charge in [0.25, 0.3) is 5.91 Å². The Morgan fingerprint density at radius 2 is 1.83 bits per heavy atom. The average molecular weight is 390 g/mol. The molecule has 0 spiro atoms. The Labute approximate surface area is 171 Å². The number of para-hydroxylation sites is 1. The van der Waals surface area contributed by atoms with Gasteiger partial charge in [-0.15, -0.1) is 0 Å². The number of hydrogen-bond acceptors (Lipinski definition) is 5. The van der Waals surface area contributed by atoms with Crippen molar-refractivity contribution in [1.82, 2.24) is 10.4 Å². The molecule has 2 heterocycles. The van der Waals surface area contributed by atoms with Gasteiger partial charge < -0.3 is 4.74 Å². The molecule has 4 rings (SSSR count). The summed E-state index contributed by atoms with van der Waals surface area (Å²) in [5, 5.41) is 8.54. The number of hydrazone groups is 1. The highest BCUT2D eigenvalue weighted by atomic mass is 16.5. The number of methoxy groups -OCH3 is 1. The van der Waals surface area contributed by atoms with E-state index in [0.717, 1.165) is 48.5 Å². The summed E-state index contributed by atoms with van der Waals surface area (Å²) in [6.45, 7) is 6.46. The largest absolute Gasteiger partial charge is 0.497 e. The van der Waals surface area contributed by atoms with Crippen molar-refractivity contribution in [2.24, 2.45) is 5.10 Å². The van der Waals surface area contributed by atoms with E-state index in [2.05, 4.69) is 17.1 Å². The Kier molecular flexibility index (Phi) is 5.62. The van der Waals surface area contributed by atoms with E-state index in [1.807, 2.05) is 58.5 Å². The monoisotopic (exact) mass is 390 g/mol. The standard InChI is InChI=1S/C23H26N4O2/c1-17-20-8-4-5-9-21(20)27(16-18-10-12-19(29-2)13-11-18)24-22(17)23(28)25-26-14-6-3-7-15-26/h4-5,8-13H,1,3,6-7,14-16H2,2H3,(H,25,28). The molecule has 150 valence electrons. The quantitative estimate of drug-likeness (QED) is 0.848. The van der Waals surface area contributed by atoms with Gasteiger partial charge in [-0.05, 0) is 36.6 Å². The first kappa shape index (κ1) is 19.2. The molecule has 2 aromatic carbocycles. The summed E-state index contributed by atoms with van der Waals surface area (Å²) >= 11 is 0. The number of hydrazine groups is 1. The van der Waals surface area contributed by atoms with Gasteiger partial charge in [0.05, 0.1) is 19.3 Å². The Hall–Kier alpha value is -3.12. The number of carbonyl (C=O) groups is 1. The van der Waals surface area contributed by atoms with Crippen molar-refractivity contribution in [3.8, 4) is 5.75 Å². The van der Waals surface area contributed by atoms with Crippen LogP contribution in [0, 0.1) is 0 Å². The van der Waals surface area contributed by atoms with E-state index in [0.29, 0.717) is 17.8 Å². The Morgan fingerprint density at radius 1 is 1.10 bits per heavy atom. The number of ether oxygens (including phenoxy) is 1. The number of nitrogens with zero attached hydrogens (tertiary/aromatic N) is 3. The minimum Gasteiger partial charge on any atom is -0.497 e. The molecule has 1 saturated heterocycles. The van der Waals surface area contributed by atoms with Crippen LogP contribution < -0.4 is 15.2 Å². The van der Waals surface area contributed by atoms with Crippen LogP contribution in [-0.4, -0.2) is 36.8 Å². The molecule has 2 aromatic rings. The number of carbonyl (C=O) groups excluding carboxylic acids is 1. The van der Waals surface area contributed by atoms with Crippen molar-refractivity contribution in [3.05, 3.63) is 66.2 Å². The number of amides is 1. The van der Waals surface area contributed by atoms with E-state index in [-0.39, 0.29) is 5.91 Å². The second-order valence-corrected chi connectivity index (χ2v) is 7.34. The van der Waals surface area contributed by atoms with Gasteiger partial charge in [-0.1, -0.05) is 43.3 Å². The van der Waals surface area contributed by atoms with Crippen molar-refractivity contribution < 1.29 is 9.53 Å². The number of fused-ring (bicyclic) bond motifs is 1. The minimum absolute atomic E-state index is 0.203. The highest BCUT2D eigenvalue weighted by Crippen LogP contribution is 2.33. The van der Waals surface area contributed by atoms with E-state index in [9.17, 15) is 4.79 Å². The Morgan fingerprint density at radius 3 is 2.55 bits per heavy atom. The van der Waals surface area contributed by atoms with Crippen LogP contribution in [0.5, 0.6) is 5.75 Å². The summed E-state index contributed by atoms with van der Waals surface area (Å²) in [5.41, 5.74) is 6.98. The van der Waals surface area contributed by atoms with E-state index in [4.69, 9.17) is 4.74 Å². The summed E-state index contributed by atoms with van der Waals surface area (Å²) < 4.78 is 5.24. The van der Waals surface area contributed by atoms with Crippen molar-refractivity contribution in [2.75, 3.05) is 25.2 Å². The number of anilines is 1. The summed E-state index contributed by atoms with van der Waals surface area (Å²) in [6.07, 6.45) is 3.41. The predicted octanol–water partition coefficient (Wildman–Crippen LogP) is 3.60. The van der Waals surface area contributed by atoms with Crippen molar-refractivity contribution >= 4 is 22.9 Å². The number of rotatable bonds is 5. The second-order valence-electron chi connectivity index (χ2n) is 7.34. The SMILES string of the molecule is C=C1C(C(=O)NN2CCCCC2)=NN(Cc2ccc(OC)cc2)c2ccccc21. The zero-order valence-corrected chi connectivity index (χ0v) is 16.7. The molecule has 0 atom stereocenters. The molecule has 0 unspecified atom stereocenters. The lowest BCUT2D eigenvalue weighted by molar-refractivity contribution is -0.119. The maximum atomic E-state index is 13.0. The Balaban J connectivity index is 1.60. The average Bonchev–Trinajstić information content (AvgIpc) is 2.77. The highest BCUT2D eigenvalue weighted by Gasteiger charge is 2.28. The van der Waals surface area contributed by atoms with E-state index >= 15 is 0 Å². The molecular weight excluding hydrogens is 364 g/mol. The highest BCUT2D eigenvalue weighted by molar-refractivity contribution is 6.56. The third kappa shape index (κ3) is 4.17. The van der Waals surface area contributed by atoms with Crippen LogP contribution in [0.3, 0.4) is 0 Å². The van der Waals surface area contributed by atoms with Crippen LogP contribution in [0.4, 0.5) is 5.69 Å². The van der Waals surface area contributed by atoms with Gasteiger partial charge in [0, 0.05) is 24.2 Å². The molecule has 1 N–H and O–H groups in total. The van der Waals surface area contributed by atoms with Crippen LogP contribution in [-0.2, 0) is 11.3 Å². The number of benzene rings is 2. The van der Waals surface area contributed by atoms with Crippen LogP contribution >= 0.6 is 0 Å². The molecule has 0 radical (unpaired) electrons. The van der Waals surface area contributed by atoms with Crippen LogP contribution in [0.15, 0.2) is 60.2 Å². The maximum absolute atomic E-state index is 13.0. The van der Waals surface area contributed by atoms with E-state index in [1.165, 1.54) is 6.42 Å². The van der Waals surface area contributed by atoms with Crippen LogP contribution in [0.1, 0.15) is 30.4 Å². The molecule has 2 aliphatic heterocycles. The molecule has 0 bridgehead atoms. The molecule has 6 nitrogen and oxygen atoms in total.